The smallest absolute Gasteiger partial charge is 0.393 e. The van der Waals surface area contributed by atoms with E-state index in [0.29, 0.717) is 18.7 Å². The SMILES string of the molecule is COc1ccc(CCN2C[C@@H](C(F)(F)F)[C@H](C(=O)O)C2)cc1. The second-order valence-electron chi connectivity index (χ2n) is 5.45. The summed E-state index contributed by atoms with van der Waals surface area (Å²) in [5.74, 6) is -3.83. The van der Waals surface area contributed by atoms with E-state index in [4.69, 9.17) is 9.84 Å². The van der Waals surface area contributed by atoms with Crippen molar-refractivity contribution in [3.05, 3.63) is 29.8 Å². The number of rotatable bonds is 5. The lowest BCUT2D eigenvalue weighted by Gasteiger charge is -2.18. The number of alkyl halides is 3. The molecule has 4 nitrogen and oxygen atoms in total. The van der Waals surface area contributed by atoms with Crippen molar-refractivity contribution in [1.82, 2.24) is 4.90 Å². The number of ether oxygens (including phenoxy) is 1. The van der Waals surface area contributed by atoms with Gasteiger partial charge in [0.05, 0.1) is 18.9 Å². The molecule has 1 heterocycles. The van der Waals surface area contributed by atoms with Gasteiger partial charge in [0.15, 0.2) is 0 Å². The van der Waals surface area contributed by atoms with E-state index in [2.05, 4.69) is 0 Å². The number of hydrogen-bond donors (Lipinski definition) is 1. The zero-order valence-corrected chi connectivity index (χ0v) is 12.1. The zero-order valence-electron chi connectivity index (χ0n) is 12.1. The molecule has 1 aliphatic rings. The summed E-state index contributed by atoms with van der Waals surface area (Å²) < 4.78 is 43.7. The predicted molar refractivity (Wildman–Crippen MR) is 73.8 cm³/mol. The Morgan fingerprint density at radius 3 is 2.41 bits per heavy atom. The molecule has 1 aliphatic heterocycles. The molecule has 1 N–H and O–H groups in total. The van der Waals surface area contributed by atoms with Gasteiger partial charge in [-0.05, 0) is 24.1 Å². The number of aliphatic carboxylic acids is 1. The first-order valence-corrected chi connectivity index (χ1v) is 6.96. The van der Waals surface area contributed by atoms with Crippen LogP contribution >= 0.6 is 0 Å². The average molecular weight is 317 g/mol. The molecule has 0 radical (unpaired) electrons. The molecule has 0 saturated carbocycles. The molecule has 0 bridgehead atoms. The molecule has 1 aromatic carbocycles. The monoisotopic (exact) mass is 317 g/mol. The first-order valence-electron chi connectivity index (χ1n) is 6.96. The molecule has 2 rings (SSSR count). The van der Waals surface area contributed by atoms with Crippen molar-refractivity contribution in [2.75, 3.05) is 26.7 Å². The van der Waals surface area contributed by atoms with Crippen molar-refractivity contribution in [1.29, 1.82) is 0 Å². The highest BCUT2D eigenvalue weighted by Gasteiger charge is 2.52. The van der Waals surface area contributed by atoms with Crippen LogP contribution in [0.25, 0.3) is 0 Å². The normalized spacial score (nSPS) is 22.7. The Morgan fingerprint density at radius 2 is 1.95 bits per heavy atom. The molecule has 22 heavy (non-hydrogen) atoms. The number of carboxylic acids is 1. The van der Waals surface area contributed by atoms with Gasteiger partial charge in [-0.1, -0.05) is 12.1 Å². The number of halogens is 3. The molecule has 0 amide bonds. The molecule has 1 fully saturated rings. The van der Waals surface area contributed by atoms with Gasteiger partial charge in [0.25, 0.3) is 0 Å². The van der Waals surface area contributed by atoms with Gasteiger partial charge in [0, 0.05) is 19.6 Å². The van der Waals surface area contributed by atoms with Crippen molar-refractivity contribution in [3.63, 3.8) is 0 Å². The van der Waals surface area contributed by atoms with Crippen molar-refractivity contribution in [2.24, 2.45) is 11.8 Å². The largest absolute Gasteiger partial charge is 0.497 e. The van der Waals surface area contributed by atoms with Gasteiger partial charge >= 0.3 is 12.1 Å². The van der Waals surface area contributed by atoms with Crippen molar-refractivity contribution >= 4 is 5.97 Å². The summed E-state index contributed by atoms with van der Waals surface area (Å²) >= 11 is 0. The van der Waals surface area contributed by atoms with Crippen LogP contribution in [0.2, 0.25) is 0 Å². The fourth-order valence-corrected chi connectivity index (χ4v) is 2.73. The molecular weight excluding hydrogens is 299 g/mol. The lowest BCUT2D eigenvalue weighted by molar-refractivity contribution is -0.188. The van der Waals surface area contributed by atoms with E-state index in [1.807, 2.05) is 12.1 Å². The standard InChI is InChI=1S/C15H18F3NO3/c1-22-11-4-2-10(3-5-11)6-7-19-8-12(14(20)21)13(9-19)15(16,17)18/h2-5,12-13H,6-9H2,1H3,(H,20,21)/t12-,13-/m1/s1. The van der Waals surface area contributed by atoms with Crippen LogP contribution in [0.4, 0.5) is 13.2 Å². The average Bonchev–Trinajstić information content (AvgIpc) is 2.90. The first-order chi connectivity index (χ1) is 10.3. The minimum absolute atomic E-state index is 0.0599. The van der Waals surface area contributed by atoms with Gasteiger partial charge < -0.3 is 14.7 Å². The summed E-state index contributed by atoms with van der Waals surface area (Å²) in [6.45, 7) is 0.0922. The quantitative estimate of drug-likeness (QED) is 0.906. The van der Waals surface area contributed by atoms with E-state index in [1.165, 1.54) is 0 Å². The Morgan fingerprint density at radius 1 is 1.32 bits per heavy atom. The van der Waals surface area contributed by atoms with Gasteiger partial charge in [-0.2, -0.15) is 13.2 Å². The highest BCUT2D eigenvalue weighted by Crippen LogP contribution is 2.37. The van der Waals surface area contributed by atoms with Crippen LogP contribution in [-0.4, -0.2) is 48.9 Å². The van der Waals surface area contributed by atoms with Crippen LogP contribution < -0.4 is 4.74 Å². The van der Waals surface area contributed by atoms with Gasteiger partial charge in [-0.15, -0.1) is 0 Å². The Balaban J connectivity index is 1.94. The third kappa shape index (κ3) is 3.91. The summed E-state index contributed by atoms with van der Waals surface area (Å²) in [6, 6.07) is 7.28. The minimum Gasteiger partial charge on any atom is -0.497 e. The van der Waals surface area contributed by atoms with Gasteiger partial charge in [0.1, 0.15) is 5.75 Å². The molecule has 1 aromatic rings. The second-order valence-corrected chi connectivity index (χ2v) is 5.45. The summed E-state index contributed by atoms with van der Waals surface area (Å²) in [7, 11) is 1.56. The predicted octanol–water partition coefficient (Wildman–Crippen LogP) is 2.43. The molecular formula is C15H18F3NO3. The number of benzene rings is 1. The van der Waals surface area contributed by atoms with Crippen molar-refractivity contribution in [3.8, 4) is 5.75 Å². The van der Waals surface area contributed by atoms with Gasteiger partial charge in [-0.3, -0.25) is 4.79 Å². The van der Waals surface area contributed by atoms with Gasteiger partial charge in [-0.25, -0.2) is 0 Å². The van der Waals surface area contributed by atoms with E-state index in [9.17, 15) is 18.0 Å². The Kier molecular flexibility index (Phi) is 4.95. The third-order valence-corrected chi connectivity index (χ3v) is 4.01. The summed E-state index contributed by atoms with van der Waals surface area (Å²) in [4.78, 5) is 12.6. The van der Waals surface area contributed by atoms with Crippen LogP contribution in [0.5, 0.6) is 5.75 Å². The third-order valence-electron chi connectivity index (χ3n) is 4.01. The highest BCUT2D eigenvalue weighted by molar-refractivity contribution is 5.71. The Labute approximate surface area is 126 Å². The number of methoxy groups -OCH3 is 1. The van der Waals surface area contributed by atoms with Crippen molar-refractivity contribution in [2.45, 2.75) is 12.6 Å². The molecule has 2 atom stereocenters. The molecule has 0 aliphatic carbocycles. The van der Waals surface area contributed by atoms with E-state index >= 15 is 0 Å². The van der Waals surface area contributed by atoms with Crippen LogP contribution in [-0.2, 0) is 11.2 Å². The van der Waals surface area contributed by atoms with E-state index < -0.39 is 24.0 Å². The van der Waals surface area contributed by atoms with Gasteiger partial charge in [0.2, 0.25) is 0 Å². The topological polar surface area (TPSA) is 49.8 Å². The fraction of sp³-hybridized carbons (Fsp3) is 0.533. The Bertz CT molecular complexity index is 516. The Hall–Kier alpha value is -1.76. The minimum atomic E-state index is -4.47. The van der Waals surface area contributed by atoms with Crippen LogP contribution in [0.3, 0.4) is 0 Å². The molecule has 0 spiro atoms. The summed E-state index contributed by atoms with van der Waals surface area (Å²) in [5.41, 5.74) is 0.975. The highest BCUT2D eigenvalue weighted by atomic mass is 19.4. The maximum atomic E-state index is 12.9. The maximum absolute atomic E-state index is 12.9. The summed E-state index contributed by atoms with van der Waals surface area (Å²) in [6.07, 6.45) is -3.90. The molecule has 0 unspecified atom stereocenters. The van der Waals surface area contributed by atoms with E-state index in [-0.39, 0.29) is 13.1 Å². The van der Waals surface area contributed by atoms with Crippen LogP contribution in [0.1, 0.15) is 5.56 Å². The lowest BCUT2D eigenvalue weighted by Crippen LogP contribution is -2.33. The fourth-order valence-electron chi connectivity index (χ4n) is 2.73. The second kappa shape index (κ2) is 6.56. The van der Waals surface area contributed by atoms with Crippen molar-refractivity contribution < 1.29 is 27.8 Å². The zero-order chi connectivity index (χ0) is 16.3. The lowest BCUT2D eigenvalue weighted by atomic mass is 9.96. The number of carbonyl (C=O) groups is 1. The van der Waals surface area contributed by atoms with Crippen LogP contribution in [0, 0.1) is 11.8 Å². The first kappa shape index (κ1) is 16.6. The van der Waals surface area contributed by atoms with Crippen LogP contribution in [0.15, 0.2) is 24.3 Å². The number of hydrogen-bond acceptors (Lipinski definition) is 3. The molecule has 122 valence electrons. The number of carboxylic acid groups (broad SMARTS) is 1. The number of likely N-dealkylation sites (tertiary alicyclic amines) is 1. The summed E-state index contributed by atoms with van der Waals surface area (Å²) in [5, 5.41) is 8.97. The molecule has 1 saturated heterocycles. The maximum Gasteiger partial charge on any atom is 0.393 e. The van der Waals surface area contributed by atoms with E-state index in [0.717, 1.165) is 5.56 Å². The van der Waals surface area contributed by atoms with E-state index in [1.54, 1.807) is 24.1 Å². The molecule has 0 aromatic heterocycles. The molecule has 7 heteroatoms. The number of nitrogens with zero attached hydrogens (tertiary/aromatic N) is 1.